The number of aryl methyl sites for hydroxylation is 1. The Labute approximate surface area is 134 Å². The molecule has 1 aromatic carbocycles. The van der Waals surface area contributed by atoms with Gasteiger partial charge in [0.05, 0.1) is 0 Å². The fourth-order valence-electron chi connectivity index (χ4n) is 2.35. The summed E-state index contributed by atoms with van der Waals surface area (Å²) in [5.41, 5.74) is 2.73. The van der Waals surface area contributed by atoms with Crippen LogP contribution in [0.5, 0.6) is 5.75 Å². The fourth-order valence-corrected chi connectivity index (χ4v) is 2.35. The monoisotopic (exact) mass is 304 g/mol. The predicted octanol–water partition coefficient (Wildman–Crippen LogP) is 5.77. The lowest BCUT2D eigenvalue weighted by atomic mass is 9.88. The van der Waals surface area contributed by atoms with E-state index >= 15 is 0 Å². The first-order valence-corrected chi connectivity index (χ1v) is 7.80. The van der Waals surface area contributed by atoms with E-state index in [1.165, 1.54) is 5.56 Å². The summed E-state index contributed by atoms with van der Waals surface area (Å²) in [5, 5.41) is 0. The van der Waals surface area contributed by atoms with Crippen molar-refractivity contribution in [2.24, 2.45) is 0 Å². The van der Waals surface area contributed by atoms with Crippen LogP contribution in [-0.2, 0) is 4.74 Å². The Kier molecular flexibility index (Phi) is 6.21. The standard InChI is InChI=1S/C19H28O3/c1-8-9-16(13(2)3)15-10-11-17(14(4)12-15)21-18(20)22-19(5,6)7/h10-12,16H,2,8-9H2,1,3-7H3. The van der Waals surface area contributed by atoms with Crippen molar-refractivity contribution in [3.05, 3.63) is 41.5 Å². The van der Waals surface area contributed by atoms with Gasteiger partial charge in [-0.05, 0) is 58.2 Å². The zero-order valence-electron chi connectivity index (χ0n) is 14.7. The summed E-state index contributed by atoms with van der Waals surface area (Å²) in [5.74, 6) is 0.884. The summed E-state index contributed by atoms with van der Waals surface area (Å²) < 4.78 is 10.5. The first-order chi connectivity index (χ1) is 10.1. The van der Waals surface area contributed by atoms with Gasteiger partial charge in [0, 0.05) is 5.92 Å². The molecule has 3 nitrogen and oxygen atoms in total. The molecule has 0 saturated heterocycles. The molecule has 0 heterocycles. The Morgan fingerprint density at radius 2 is 1.95 bits per heavy atom. The summed E-state index contributed by atoms with van der Waals surface area (Å²) in [6.07, 6.45) is 1.50. The van der Waals surface area contributed by atoms with Crippen LogP contribution in [0.25, 0.3) is 0 Å². The highest BCUT2D eigenvalue weighted by Gasteiger charge is 2.19. The SMILES string of the molecule is C=C(C)C(CCC)c1ccc(OC(=O)OC(C)(C)C)c(C)c1. The first-order valence-electron chi connectivity index (χ1n) is 7.80. The molecule has 0 bridgehead atoms. The summed E-state index contributed by atoms with van der Waals surface area (Å²) in [6.45, 7) is 15.7. The van der Waals surface area contributed by atoms with E-state index in [-0.39, 0.29) is 0 Å². The van der Waals surface area contributed by atoms with E-state index in [1.807, 2.05) is 39.8 Å². The van der Waals surface area contributed by atoms with Crippen LogP contribution in [0, 0.1) is 6.92 Å². The molecule has 1 aromatic rings. The number of rotatable bonds is 5. The largest absolute Gasteiger partial charge is 0.514 e. The quantitative estimate of drug-likeness (QED) is 0.393. The second kappa shape index (κ2) is 7.48. The Morgan fingerprint density at radius 3 is 2.41 bits per heavy atom. The van der Waals surface area contributed by atoms with Gasteiger partial charge >= 0.3 is 6.16 Å². The van der Waals surface area contributed by atoms with E-state index in [0.717, 1.165) is 24.0 Å². The smallest absolute Gasteiger partial charge is 0.428 e. The second-order valence-corrected chi connectivity index (χ2v) is 6.78. The van der Waals surface area contributed by atoms with Crippen molar-refractivity contribution in [2.45, 2.75) is 65.9 Å². The Balaban J connectivity index is 2.89. The number of hydrogen-bond donors (Lipinski definition) is 0. The van der Waals surface area contributed by atoms with E-state index in [2.05, 4.69) is 26.5 Å². The van der Waals surface area contributed by atoms with Gasteiger partial charge in [0.1, 0.15) is 11.4 Å². The zero-order chi connectivity index (χ0) is 16.9. The van der Waals surface area contributed by atoms with Crippen LogP contribution in [0.3, 0.4) is 0 Å². The van der Waals surface area contributed by atoms with Gasteiger partial charge in [-0.3, -0.25) is 0 Å². The van der Waals surface area contributed by atoms with Crippen LogP contribution in [-0.4, -0.2) is 11.8 Å². The molecule has 0 aliphatic rings. The van der Waals surface area contributed by atoms with Crippen molar-refractivity contribution >= 4 is 6.16 Å². The summed E-state index contributed by atoms with van der Waals surface area (Å²) in [7, 11) is 0. The summed E-state index contributed by atoms with van der Waals surface area (Å²) in [6, 6.07) is 5.90. The fraction of sp³-hybridized carbons (Fsp3) is 0.526. The molecular weight excluding hydrogens is 276 g/mol. The van der Waals surface area contributed by atoms with Crippen molar-refractivity contribution in [3.63, 3.8) is 0 Å². The maximum Gasteiger partial charge on any atom is 0.514 e. The Hall–Kier alpha value is -1.77. The van der Waals surface area contributed by atoms with Crippen molar-refractivity contribution in [3.8, 4) is 5.75 Å². The van der Waals surface area contributed by atoms with Crippen LogP contribution in [0.2, 0.25) is 0 Å². The topological polar surface area (TPSA) is 35.5 Å². The Morgan fingerprint density at radius 1 is 1.32 bits per heavy atom. The number of hydrogen-bond acceptors (Lipinski definition) is 3. The number of carbonyl (C=O) groups is 1. The first kappa shape index (κ1) is 18.3. The van der Waals surface area contributed by atoms with Gasteiger partial charge in [0.25, 0.3) is 0 Å². The molecule has 122 valence electrons. The molecule has 3 heteroatoms. The molecule has 22 heavy (non-hydrogen) atoms. The van der Waals surface area contributed by atoms with Crippen molar-refractivity contribution in [1.82, 2.24) is 0 Å². The molecule has 0 fully saturated rings. The van der Waals surface area contributed by atoms with E-state index < -0.39 is 11.8 Å². The van der Waals surface area contributed by atoms with E-state index in [4.69, 9.17) is 9.47 Å². The maximum absolute atomic E-state index is 11.8. The Bertz CT molecular complexity index is 538. The summed E-state index contributed by atoms with van der Waals surface area (Å²) >= 11 is 0. The highest BCUT2D eigenvalue weighted by atomic mass is 16.7. The van der Waals surface area contributed by atoms with Crippen LogP contribution >= 0.6 is 0 Å². The predicted molar refractivity (Wildman–Crippen MR) is 90.5 cm³/mol. The minimum Gasteiger partial charge on any atom is -0.428 e. The second-order valence-electron chi connectivity index (χ2n) is 6.78. The molecule has 0 aliphatic heterocycles. The highest BCUT2D eigenvalue weighted by Crippen LogP contribution is 2.31. The van der Waals surface area contributed by atoms with Crippen LogP contribution in [0.15, 0.2) is 30.4 Å². The molecule has 0 radical (unpaired) electrons. The minimum absolute atomic E-state index is 0.347. The maximum atomic E-state index is 11.8. The number of benzene rings is 1. The molecule has 0 spiro atoms. The third-order valence-electron chi connectivity index (χ3n) is 3.36. The molecule has 0 saturated carbocycles. The molecule has 1 unspecified atom stereocenters. The lowest BCUT2D eigenvalue weighted by molar-refractivity contribution is 0.0205. The molecular formula is C19H28O3. The third-order valence-corrected chi connectivity index (χ3v) is 3.36. The van der Waals surface area contributed by atoms with Crippen LogP contribution in [0.1, 0.15) is 64.5 Å². The van der Waals surface area contributed by atoms with Gasteiger partial charge in [-0.1, -0.05) is 37.6 Å². The molecule has 1 atom stereocenters. The molecule has 0 aliphatic carbocycles. The lowest BCUT2D eigenvalue weighted by Gasteiger charge is -2.20. The molecule has 0 aromatic heterocycles. The van der Waals surface area contributed by atoms with E-state index in [9.17, 15) is 4.79 Å². The van der Waals surface area contributed by atoms with Crippen molar-refractivity contribution in [1.29, 1.82) is 0 Å². The highest BCUT2D eigenvalue weighted by molar-refractivity contribution is 5.65. The van der Waals surface area contributed by atoms with Crippen molar-refractivity contribution < 1.29 is 14.3 Å². The van der Waals surface area contributed by atoms with Gasteiger partial charge in [-0.15, -0.1) is 0 Å². The minimum atomic E-state index is -0.673. The summed E-state index contributed by atoms with van der Waals surface area (Å²) in [4.78, 5) is 11.8. The third kappa shape index (κ3) is 5.55. The average molecular weight is 304 g/mol. The average Bonchev–Trinajstić information content (AvgIpc) is 2.36. The van der Waals surface area contributed by atoms with Crippen molar-refractivity contribution in [2.75, 3.05) is 0 Å². The van der Waals surface area contributed by atoms with Gasteiger partial charge < -0.3 is 9.47 Å². The number of ether oxygens (including phenoxy) is 2. The zero-order valence-corrected chi connectivity index (χ0v) is 14.7. The van der Waals surface area contributed by atoms with Gasteiger partial charge in [-0.25, -0.2) is 4.79 Å². The van der Waals surface area contributed by atoms with Crippen LogP contribution < -0.4 is 4.74 Å². The number of allylic oxidation sites excluding steroid dienone is 1. The van der Waals surface area contributed by atoms with Gasteiger partial charge in [0.2, 0.25) is 0 Å². The van der Waals surface area contributed by atoms with E-state index in [0.29, 0.717) is 11.7 Å². The van der Waals surface area contributed by atoms with E-state index in [1.54, 1.807) is 0 Å². The van der Waals surface area contributed by atoms with Gasteiger partial charge in [-0.2, -0.15) is 0 Å². The molecule has 1 rings (SSSR count). The molecule has 0 amide bonds. The normalized spacial score (nSPS) is 12.6. The van der Waals surface area contributed by atoms with Gasteiger partial charge in [0.15, 0.2) is 0 Å². The van der Waals surface area contributed by atoms with Crippen LogP contribution in [0.4, 0.5) is 4.79 Å². The molecule has 0 N–H and O–H groups in total. The number of carbonyl (C=O) groups excluding carboxylic acids is 1. The lowest BCUT2D eigenvalue weighted by Crippen LogP contribution is -2.26.